The summed E-state index contributed by atoms with van der Waals surface area (Å²) in [6.45, 7) is 6.77. The molecule has 3 nitrogen and oxygen atoms in total. The van der Waals surface area contributed by atoms with Gasteiger partial charge in [-0.1, -0.05) is 48.0 Å². The number of hydrogen-bond donors (Lipinski definition) is 0. The van der Waals surface area contributed by atoms with E-state index in [9.17, 15) is 4.39 Å². The van der Waals surface area contributed by atoms with Crippen LogP contribution in [0, 0.1) is 11.7 Å². The van der Waals surface area contributed by atoms with E-state index in [4.69, 9.17) is 16.3 Å². The van der Waals surface area contributed by atoms with Gasteiger partial charge < -0.3 is 4.74 Å². The molecular formula is C31H38Cl3FN2O. The van der Waals surface area contributed by atoms with Gasteiger partial charge in [-0.3, -0.25) is 9.80 Å². The average molecular weight is 580 g/mol. The van der Waals surface area contributed by atoms with Crippen molar-refractivity contribution in [2.24, 2.45) is 5.92 Å². The molecule has 2 heterocycles. The summed E-state index contributed by atoms with van der Waals surface area (Å²) in [6, 6.07) is 21.7. The number of likely N-dealkylation sites (tertiary alicyclic amines) is 1. The zero-order valence-corrected chi connectivity index (χ0v) is 24.2. The standard InChI is InChI=1S/C31H36ClFN2O.2ClH/c32-31-6-2-1-4-27(31)22-34-17-13-24(14-18-34)15-19-36-30-12-9-26-5-3-16-35(23-28(26)20-30)21-25-7-10-29(33)11-8-25;;/h1-2,4,6-12,20,24H,3,5,13-19,21-23H2;2*1H. The summed E-state index contributed by atoms with van der Waals surface area (Å²) < 4.78 is 19.5. The van der Waals surface area contributed by atoms with Crippen LogP contribution < -0.4 is 4.74 Å². The molecule has 3 aromatic rings. The normalized spacial score (nSPS) is 16.6. The van der Waals surface area contributed by atoms with Crippen LogP contribution in [0.25, 0.3) is 0 Å². The molecule has 0 N–H and O–H groups in total. The van der Waals surface area contributed by atoms with Crippen molar-refractivity contribution >= 4 is 36.4 Å². The van der Waals surface area contributed by atoms with Gasteiger partial charge in [0.15, 0.2) is 0 Å². The first-order chi connectivity index (χ1) is 17.6. The Morgan fingerprint density at radius 2 is 1.61 bits per heavy atom. The van der Waals surface area contributed by atoms with Gasteiger partial charge in [-0.15, -0.1) is 24.8 Å². The van der Waals surface area contributed by atoms with Gasteiger partial charge in [-0.2, -0.15) is 0 Å². The lowest BCUT2D eigenvalue weighted by Crippen LogP contribution is -2.33. The Labute approximate surface area is 244 Å². The lowest BCUT2D eigenvalue weighted by Gasteiger charge is -2.32. The van der Waals surface area contributed by atoms with E-state index < -0.39 is 0 Å². The van der Waals surface area contributed by atoms with Crippen molar-refractivity contribution in [1.29, 1.82) is 0 Å². The fourth-order valence-corrected chi connectivity index (χ4v) is 5.72. The zero-order chi connectivity index (χ0) is 24.7. The summed E-state index contributed by atoms with van der Waals surface area (Å²) in [5.74, 6) is 1.53. The number of halogens is 4. The minimum atomic E-state index is -0.176. The van der Waals surface area contributed by atoms with Gasteiger partial charge in [0.1, 0.15) is 11.6 Å². The number of benzene rings is 3. The number of hydrogen-bond acceptors (Lipinski definition) is 3. The number of fused-ring (bicyclic) bond motifs is 1. The van der Waals surface area contributed by atoms with Crippen molar-refractivity contribution in [2.45, 2.75) is 51.7 Å². The molecule has 0 spiro atoms. The summed E-state index contributed by atoms with van der Waals surface area (Å²) in [5.41, 5.74) is 5.17. The van der Waals surface area contributed by atoms with Crippen LogP contribution in [-0.4, -0.2) is 36.0 Å². The molecule has 0 aromatic heterocycles. The molecule has 0 bridgehead atoms. The second-order valence-electron chi connectivity index (χ2n) is 10.3. The van der Waals surface area contributed by atoms with Crippen molar-refractivity contribution in [1.82, 2.24) is 9.80 Å². The Hall–Kier alpha value is -1.82. The third-order valence-electron chi connectivity index (χ3n) is 7.67. The maximum atomic E-state index is 13.3. The largest absolute Gasteiger partial charge is 0.494 e. The fourth-order valence-electron chi connectivity index (χ4n) is 5.52. The van der Waals surface area contributed by atoms with E-state index in [-0.39, 0.29) is 30.6 Å². The van der Waals surface area contributed by atoms with Gasteiger partial charge in [0.2, 0.25) is 0 Å². The van der Waals surface area contributed by atoms with Crippen LogP contribution in [0.1, 0.15) is 47.9 Å². The van der Waals surface area contributed by atoms with Gasteiger partial charge in [-0.25, -0.2) is 4.39 Å². The Kier molecular flexibility index (Phi) is 12.2. The van der Waals surface area contributed by atoms with E-state index in [0.29, 0.717) is 0 Å². The van der Waals surface area contributed by atoms with Gasteiger partial charge >= 0.3 is 0 Å². The van der Waals surface area contributed by atoms with E-state index in [2.05, 4.69) is 40.1 Å². The molecule has 0 unspecified atom stereocenters. The quantitative estimate of drug-likeness (QED) is 0.269. The van der Waals surface area contributed by atoms with Crippen LogP contribution in [0.15, 0.2) is 66.7 Å². The Morgan fingerprint density at radius 1 is 0.842 bits per heavy atom. The van der Waals surface area contributed by atoms with Crippen LogP contribution in [0.3, 0.4) is 0 Å². The van der Waals surface area contributed by atoms with Crippen molar-refractivity contribution in [3.63, 3.8) is 0 Å². The maximum Gasteiger partial charge on any atom is 0.123 e. The molecule has 0 aliphatic carbocycles. The Morgan fingerprint density at radius 3 is 2.37 bits per heavy atom. The first-order valence-corrected chi connectivity index (χ1v) is 13.7. The molecular weight excluding hydrogens is 542 g/mol. The Bertz CT molecular complexity index is 1140. The van der Waals surface area contributed by atoms with Gasteiger partial charge in [0.05, 0.1) is 6.61 Å². The van der Waals surface area contributed by atoms with Crippen LogP contribution >= 0.6 is 36.4 Å². The van der Waals surface area contributed by atoms with E-state index in [1.165, 1.54) is 29.5 Å². The van der Waals surface area contributed by atoms with Crippen LogP contribution in [0.5, 0.6) is 5.75 Å². The van der Waals surface area contributed by atoms with Crippen LogP contribution in [0.4, 0.5) is 4.39 Å². The van der Waals surface area contributed by atoms with Crippen molar-refractivity contribution in [2.75, 3.05) is 26.2 Å². The topological polar surface area (TPSA) is 15.7 Å². The third-order valence-corrected chi connectivity index (χ3v) is 8.03. The van der Waals surface area contributed by atoms with Gasteiger partial charge in [0.25, 0.3) is 0 Å². The van der Waals surface area contributed by atoms with E-state index in [1.807, 2.05) is 24.3 Å². The van der Waals surface area contributed by atoms with Crippen molar-refractivity contribution in [3.8, 4) is 5.75 Å². The smallest absolute Gasteiger partial charge is 0.123 e. The number of aryl methyl sites for hydroxylation is 1. The molecule has 3 aromatic carbocycles. The monoisotopic (exact) mass is 578 g/mol. The highest BCUT2D eigenvalue weighted by molar-refractivity contribution is 6.31. The minimum absolute atomic E-state index is 0. The second kappa shape index (κ2) is 15.1. The SMILES string of the molecule is Cl.Cl.Fc1ccc(CN2CCCc3ccc(OCCC4CCN(Cc5ccccc5Cl)CC4)cc3C2)cc1. The molecule has 7 heteroatoms. The van der Waals surface area contributed by atoms with Crippen LogP contribution in [-0.2, 0) is 26.1 Å². The lowest BCUT2D eigenvalue weighted by atomic mass is 9.93. The average Bonchev–Trinajstić information content (AvgIpc) is 3.09. The molecule has 0 saturated carbocycles. The summed E-state index contributed by atoms with van der Waals surface area (Å²) in [6.07, 6.45) is 5.78. The predicted octanol–water partition coefficient (Wildman–Crippen LogP) is 7.95. The first-order valence-electron chi connectivity index (χ1n) is 13.3. The molecule has 5 rings (SSSR count). The summed E-state index contributed by atoms with van der Waals surface area (Å²) in [5, 5.41) is 0.868. The number of piperidine rings is 1. The van der Waals surface area contributed by atoms with Gasteiger partial charge in [-0.05, 0) is 110 Å². The van der Waals surface area contributed by atoms with Crippen LogP contribution in [0.2, 0.25) is 5.02 Å². The summed E-state index contributed by atoms with van der Waals surface area (Å²) in [4.78, 5) is 4.97. The fraction of sp³-hybridized carbons (Fsp3) is 0.419. The molecule has 2 aliphatic rings. The molecule has 206 valence electrons. The zero-order valence-electron chi connectivity index (χ0n) is 21.8. The first kappa shape index (κ1) is 30.7. The molecule has 2 aliphatic heterocycles. The van der Waals surface area contributed by atoms with E-state index >= 15 is 0 Å². The predicted molar refractivity (Wildman–Crippen MR) is 159 cm³/mol. The van der Waals surface area contributed by atoms with Crippen molar-refractivity contribution in [3.05, 3.63) is 99.8 Å². The highest BCUT2D eigenvalue weighted by atomic mass is 35.5. The summed E-state index contributed by atoms with van der Waals surface area (Å²) in [7, 11) is 0. The number of ether oxygens (including phenoxy) is 1. The molecule has 0 atom stereocenters. The number of rotatable bonds is 8. The molecule has 38 heavy (non-hydrogen) atoms. The second-order valence-corrected chi connectivity index (χ2v) is 10.7. The molecule has 0 amide bonds. The Balaban J connectivity index is 0.00000200. The highest BCUT2D eigenvalue weighted by Crippen LogP contribution is 2.27. The van der Waals surface area contributed by atoms with E-state index in [0.717, 1.165) is 87.4 Å². The third kappa shape index (κ3) is 8.59. The highest BCUT2D eigenvalue weighted by Gasteiger charge is 2.20. The molecule has 1 fully saturated rings. The molecule has 1 saturated heterocycles. The number of nitrogens with zero attached hydrogens (tertiary/aromatic N) is 2. The lowest BCUT2D eigenvalue weighted by molar-refractivity contribution is 0.157. The maximum absolute atomic E-state index is 13.3. The van der Waals surface area contributed by atoms with E-state index in [1.54, 1.807) is 12.1 Å². The van der Waals surface area contributed by atoms with Gasteiger partial charge in [0, 0.05) is 24.7 Å². The summed E-state index contributed by atoms with van der Waals surface area (Å²) >= 11 is 6.34. The van der Waals surface area contributed by atoms with Crippen molar-refractivity contribution < 1.29 is 9.13 Å². The minimum Gasteiger partial charge on any atom is -0.494 e. The molecule has 0 radical (unpaired) electrons.